The zero-order chi connectivity index (χ0) is 28.4. The molecule has 2 amide bonds. The molecule has 0 spiro atoms. The van der Waals surface area contributed by atoms with E-state index in [4.69, 9.17) is 4.74 Å². The first-order chi connectivity index (χ1) is 18.6. The van der Waals surface area contributed by atoms with Crippen LogP contribution in [0.25, 0.3) is 0 Å². The maximum absolute atomic E-state index is 13.7. The van der Waals surface area contributed by atoms with E-state index in [0.29, 0.717) is 17.9 Å². The van der Waals surface area contributed by atoms with Crippen LogP contribution in [0.1, 0.15) is 29.5 Å². The summed E-state index contributed by atoms with van der Waals surface area (Å²) in [6.45, 7) is 2.35. The van der Waals surface area contributed by atoms with E-state index in [1.165, 1.54) is 11.4 Å². The minimum Gasteiger partial charge on any atom is -0.497 e. The zero-order valence-electron chi connectivity index (χ0n) is 23.0. The van der Waals surface area contributed by atoms with Gasteiger partial charge in [-0.25, -0.2) is 8.42 Å². The molecule has 0 radical (unpaired) electrons. The normalized spacial score (nSPS) is 11.9. The molecule has 39 heavy (non-hydrogen) atoms. The summed E-state index contributed by atoms with van der Waals surface area (Å²) >= 11 is 0. The highest BCUT2D eigenvalue weighted by molar-refractivity contribution is 7.92. The lowest BCUT2D eigenvalue weighted by Crippen LogP contribution is -2.49. The van der Waals surface area contributed by atoms with Crippen molar-refractivity contribution in [1.29, 1.82) is 0 Å². The van der Waals surface area contributed by atoms with Crippen LogP contribution in [0.5, 0.6) is 5.75 Å². The molecular formula is C30H37N3O5S. The van der Waals surface area contributed by atoms with Crippen LogP contribution < -0.4 is 14.4 Å². The van der Waals surface area contributed by atoms with Crippen LogP contribution in [0, 0.1) is 6.92 Å². The quantitative estimate of drug-likeness (QED) is 0.347. The summed E-state index contributed by atoms with van der Waals surface area (Å²) in [5.74, 6) is 0.0602. The van der Waals surface area contributed by atoms with Gasteiger partial charge in [-0.15, -0.1) is 0 Å². The van der Waals surface area contributed by atoms with Gasteiger partial charge >= 0.3 is 0 Å². The molecule has 0 aliphatic heterocycles. The van der Waals surface area contributed by atoms with Gasteiger partial charge in [-0.3, -0.25) is 13.9 Å². The Balaban J connectivity index is 1.85. The van der Waals surface area contributed by atoms with Crippen LogP contribution in [0.4, 0.5) is 5.69 Å². The van der Waals surface area contributed by atoms with Gasteiger partial charge in [-0.1, -0.05) is 66.2 Å². The van der Waals surface area contributed by atoms with Crippen molar-refractivity contribution in [2.75, 3.05) is 31.3 Å². The largest absolute Gasteiger partial charge is 0.497 e. The fourth-order valence-corrected chi connectivity index (χ4v) is 5.45. The highest BCUT2D eigenvalue weighted by atomic mass is 32.2. The van der Waals surface area contributed by atoms with Crippen LogP contribution in [0.2, 0.25) is 0 Å². The Morgan fingerprint density at radius 2 is 1.64 bits per heavy atom. The number of sulfonamides is 1. The van der Waals surface area contributed by atoms with Crippen LogP contribution in [-0.4, -0.2) is 58.1 Å². The Morgan fingerprint density at radius 1 is 0.949 bits per heavy atom. The Labute approximate surface area is 231 Å². The summed E-state index contributed by atoms with van der Waals surface area (Å²) < 4.78 is 31.7. The van der Waals surface area contributed by atoms with Crippen LogP contribution >= 0.6 is 0 Å². The predicted octanol–water partition coefficient (Wildman–Crippen LogP) is 3.94. The number of ether oxygens (including phenoxy) is 1. The van der Waals surface area contributed by atoms with Gasteiger partial charge < -0.3 is 15.0 Å². The highest BCUT2D eigenvalue weighted by Crippen LogP contribution is 2.24. The molecule has 0 fully saturated rings. The standard InChI is InChI=1S/C30H37N3O5S/c1-23-11-8-14-25(19-23)22-32(28(30(35)31-2)20-24-12-6-5-7-13-24)29(34)17-10-18-33(39(4,36)37)26-15-9-16-27(21-26)38-3/h5-9,11-16,19,21,28H,10,17-18,20,22H2,1-4H3,(H,31,35)/t28-/m1/s1. The lowest BCUT2D eigenvalue weighted by atomic mass is 10.0. The van der Waals surface area contributed by atoms with E-state index in [0.717, 1.165) is 22.9 Å². The first-order valence-corrected chi connectivity index (χ1v) is 14.7. The molecule has 8 nitrogen and oxygen atoms in total. The predicted molar refractivity (Wildman–Crippen MR) is 154 cm³/mol. The summed E-state index contributed by atoms with van der Waals surface area (Å²) in [6, 6.07) is 23.5. The number of aryl methyl sites for hydroxylation is 1. The molecule has 0 bridgehead atoms. The van der Waals surface area contributed by atoms with Gasteiger partial charge in [0.25, 0.3) is 0 Å². The summed E-state index contributed by atoms with van der Waals surface area (Å²) in [6.07, 6.45) is 1.85. The van der Waals surface area contributed by atoms with Crippen molar-refractivity contribution in [2.24, 2.45) is 0 Å². The lowest BCUT2D eigenvalue weighted by Gasteiger charge is -2.31. The smallest absolute Gasteiger partial charge is 0.242 e. The minimum atomic E-state index is -3.60. The van der Waals surface area contributed by atoms with Crippen LogP contribution in [-0.2, 0) is 32.6 Å². The number of nitrogens with one attached hydrogen (secondary N) is 1. The van der Waals surface area contributed by atoms with Gasteiger partial charge in [0.05, 0.1) is 19.1 Å². The Morgan fingerprint density at radius 3 is 2.28 bits per heavy atom. The third kappa shape index (κ3) is 8.58. The number of hydrogen-bond donors (Lipinski definition) is 1. The van der Waals surface area contributed by atoms with E-state index in [-0.39, 0.29) is 37.7 Å². The van der Waals surface area contributed by atoms with E-state index < -0.39 is 16.1 Å². The maximum atomic E-state index is 13.7. The molecule has 3 rings (SSSR count). The minimum absolute atomic E-state index is 0.0735. The fourth-order valence-electron chi connectivity index (χ4n) is 4.50. The van der Waals surface area contributed by atoms with E-state index in [9.17, 15) is 18.0 Å². The van der Waals surface area contributed by atoms with Crippen molar-refractivity contribution in [3.63, 3.8) is 0 Å². The molecule has 0 aliphatic rings. The number of methoxy groups -OCH3 is 1. The first kappa shape index (κ1) is 29.7. The van der Waals surface area contributed by atoms with E-state index in [1.807, 2.05) is 61.5 Å². The lowest BCUT2D eigenvalue weighted by molar-refractivity contribution is -0.141. The number of amides is 2. The summed E-state index contributed by atoms with van der Waals surface area (Å²) in [5, 5.41) is 2.71. The van der Waals surface area contributed by atoms with Gasteiger partial charge in [0.15, 0.2) is 0 Å². The molecule has 3 aromatic rings. The summed E-state index contributed by atoms with van der Waals surface area (Å²) in [4.78, 5) is 28.4. The van der Waals surface area contributed by atoms with Crippen molar-refractivity contribution in [2.45, 2.75) is 38.8 Å². The first-order valence-electron chi connectivity index (χ1n) is 12.8. The number of rotatable bonds is 13. The molecule has 0 aromatic heterocycles. The van der Waals surface area contributed by atoms with Gasteiger partial charge in [0.1, 0.15) is 11.8 Å². The molecule has 0 heterocycles. The molecule has 1 N–H and O–H groups in total. The average Bonchev–Trinajstić information content (AvgIpc) is 2.92. The van der Waals surface area contributed by atoms with Crippen LogP contribution in [0.15, 0.2) is 78.9 Å². The number of hydrogen-bond acceptors (Lipinski definition) is 5. The maximum Gasteiger partial charge on any atom is 0.242 e. The van der Waals surface area contributed by atoms with Crippen molar-refractivity contribution < 1.29 is 22.7 Å². The SMILES string of the molecule is CNC(=O)[C@@H](Cc1ccccc1)N(Cc1cccc(C)c1)C(=O)CCCN(c1cccc(OC)c1)S(C)(=O)=O. The molecule has 1 atom stereocenters. The molecular weight excluding hydrogens is 514 g/mol. The van der Waals surface area contributed by atoms with Gasteiger partial charge in [0, 0.05) is 39.0 Å². The number of carbonyl (C=O) groups is 2. The summed E-state index contributed by atoms with van der Waals surface area (Å²) in [5.41, 5.74) is 3.38. The van der Waals surface area contributed by atoms with Crippen molar-refractivity contribution in [3.05, 3.63) is 95.6 Å². The second kappa shape index (κ2) is 13.8. The Kier molecular flexibility index (Phi) is 10.5. The zero-order valence-corrected chi connectivity index (χ0v) is 23.8. The molecule has 0 unspecified atom stereocenters. The fraction of sp³-hybridized carbons (Fsp3) is 0.333. The second-order valence-electron chi connectivity index (χ2n) is 9.47. The van der Waals surface area contributed by atoms with Gasteiger partial charge in [0.2, 0.25) is 21.8 Å². The molecule has 9 heteroatoms. The number of likely N-dealkylation sites (N-methyl/N-ethyl adjacent to an activating group) is 1. The molecule has 208 valence electrons. The van der Waals surface area contributed by atoms with Crippen molar-refractivity contribution >= 4 is 27.5 Å². The van der Waals surface area contributed by atoms with Crippen molar-refractivity contribution in [3.8, 4) is 5.75 Å². The molecule has 3 aromatic carbocycles. The highest BCUT2D eigenvalue weighted by Gasteiger charge is 2.30. The third-order valence-electron chi connectivity index (χ3n) is 6.45. The number of anilines is 1. The van der Waals surface area contributed by atoms with Crippen molar-refractivity contribution in [1.82, 2.24) is 10.2 Å². The van der Waals surface area contributed by atoms with E-state index in [2.05, 4.69) is 5.32 Å². The van der Waals surface area contributed by atoms with Crippen LogP contribution in [0.3, 0.4) is 0 Å². The second-order valence-corrected chi connectivity index (χ2v) is 11.4. The number of benzene rings is 3. The van der Waals surface area contributed by atoms with E-state index in [1.54, 1.807) is 36.2 Å². The number of carbonyl (C=O) groups excluding carboxylic acids is 2. The summed E-state index contributed by atoms with van der Waals surface area (Å²) in [7, 11) is -0.519. The van der Waals surface area contributed by atoms with Gasteiger partial charge in [-0.05, 0) is 36.6 Å². The molecule has 0 aliphatic carbocycles. The molecule has 0 saturated heterocycles. The van der Waals surface area contributed by atoms with Gasteiger partial charge in [-0.2, -0.15) is 0 Å². The monoisotopic (exact) mass is 551 g/mol. The average molecular weight is 552 g/mol. The molecule has 0 saturated carbocycles. The third-order valence-corrected chi connectivity index (χ3v) is 7.64. The Bertz CT molecular complexity index is 1360. The Hall–Kier alpha value is -3.85. The van der Waals surface area contributed by atoms with E-state index >= 15 is 0 Å². The number of nitrogens with zero attached hydrogens (tertiary/aromatic N) is 2. The topological polar surface area (TPSA) is 96.0 Å².